The maximum Gasteiger partial charge on any atom is 0.110 e. The molecule has 1 aromatic heterocycles. The predicted octanol–water partition coefficient (Wildman–Crippen LogP) is 1.59. The molecule has 4 heteroatoms. The molecule has 0 amide bonds. The highest BCUT2D eigenvalue weighted by atomic mass is 32.2. The first kappa shape index (κ1) is 6.89. The first-order chi connectivity index (χ1) is 4.34. The minimum atomic E-state index is 0.851. The Balaban J connectivity index is 2.69. The summed E-state index contributed by atoms with van der Waals surface area (Å²) in [5.41, 5.74) is 8.37. The lowest BCUT2D eigenvalue weighted by Gasteiger charge is -1.90. The molecule has 0 atom stereocenters. The zero-order chi connectivity index (χ0) is 6.69. The van der Waals surface area contributed by atoms with Crippen LogP contribution in [0.2, 0.25) is 0 Å². The zero-order valence-corrected chi connectivity index (χ0v) is 6.76. The molecule has 2 nitrogen and oxygen atoms in total. The third kappa shape index (κ3) is 1.59. The van der Waals surface area contributed by atoms with Crippen LogP contribution in [0.3, 0.4) is 0 Å². The second-order valence-electron chi connectivity index (χ2n) is 1.60. The van der Waals surface area contributed by atoms with Crippen LogP contribution in [-0.4, -0.2) is 11.2 Å². The number of thiazole rings is 1. The van der Waals surface area contributed by atoms with Crippen LogP contribution in [0.5, 0.6) is 0 Å². The molecule has 0 aliphatic carbocycles. The molecule has 0 fully saturated rings. The molecule has 1 heterocycles. The van der Waals surface area contributed by atoms with Crippen LogP contribution in [0.4, 0.5) is 5.00 Å². The maximum absolute atomic E-state index is 5.57. The first-order valence-electron chi connectivity index (χ1n) is 2.51. The van der Waals surface area contributed by atoms with Crippen molar-refractivity contribution in [2.75, 3.05) is 12.0 Å². The number of hydrogen-bond acceptors (Lipinski definition) is 4. The van der Waals surface area contributed by atoms with E-state index in [1.165, 1.54) is 11.3 Å². The number of nitrogens with zero attached hydrogens (tertiary/aromatic N) is 1. The minimum absolute atomic E-state index is 0.851. The first-order valence-corrected chi connectivity index (χ1v) is 4.78. The highest BCUT2D eigenvalue weighted by molar-refractivity contribution is 7.97. The topological polar surface area (TPSA) is 38.9 Å². The largest absolute Gasteiger partial charge is 0.389 e. The molecular weight excluding hydrogens is 152 g/mol. The minimum Gasteiger partial charge on any atom is -0.389 e. The molecule has 0 aromatic carbocycles. The smallest absolute Gasteiger partial charge is 0.110 e. The summed E-state index contributed by atoms with van der Waals surface area (Å²) in [6.07, 6.45) is 2.04. The Hall–Kier alpha value is -0.220. The normalized spacial score (nSPS) is 9.89. The summed E-state index contributed by atoms with van der Waals surface area (Å²) < 4.78 is 0. The van der Waals surface area contributed by atoms with Gasteiger partial charge in [-0.2, -0.15) is 11.8 Å². The Morgan fingerprint density at radius 1 is 1.89 bits per heavy atom. The number of nitrogen functional groups attached to an aromatic ring is 1. The number of hydrogen-bond donors (Lipinski definition) is 1. The Bertz CT molecular complexity index is 185. The van der Waals surface area contributed by atoms with Gasteiger partial charge in [-0.3, -0.25) is 0 Å². The fraction of sp³-hybridized carbons (Fsp3) is 0.400. The lowest BCUT2D eigenvalue weighted by atomic mass is 10.5. The van der Waals surface area contributed by atoms with Gasteiger partial charge in [-0.05, 0) is 6.26 Å². The van der Waals surface area contributed by atoms with Crippen LogP contribution in [0, 0.1) is 0 Å². The molecule has 0 saturated heterocycles. The van der Waals surface area contributed by atoms with Gasteiger partial charge in [0.2, 0.25) is 0 Å². The van der Waals surface area contributed by atoms with Gasteiger partial charge >= 0.3 is 0 Å². The van der Waals surface area contributed by atoms with Gasteiger partial charge in [0, 0.05) is 5.75 Å². The van der Waals surface area contributed by atoms with Crippen molar-refractivity contribution in [1.29, 1.82) is 0 Å². The zero-order valence-electron chi connectivity index (χ0n) is 5.13. The van der Waals surface area contributed by atoms with Gasteiger partial charge in [0.15, 0.2) is 0 Å². The predicted molar refractivity (Wildman–Crippen MR) is 43.7 cm³/mol. The Morgan fingerprint density at radius 2 is 2.67 bits per heavy atom. The van der Waals surface area contributed by atoms with Crippen molar-refractivity contribution in [2.24, 2.45) is 0 Å². The van der Waals surface area contributed by atoms with E-state index in [2.05, 4.69) is 4.98 Å². The molecule has 1 aromatic rings. The summed E-state index contributed by atoms with van der Waals surface area (Å²) >= 11 is 3.24. The molecular formula is C5H8N2S2. The van der Waals surface area contributed by atoms with Crippen LogP contribution < -0.4 is 5.73 Å². The molecule has 0 spiro atoms. The van der Waals surface area contributed by atoms with Crippen LogP contribution in [0.25, 0.3) is 0 Å². The van der Waals surface area contributed by atoms with E-state index < -0.39 is 0 Å². The van der Waals surface area contributed by atoms with Gasteiger partial charge in [-0.1, -0.05) is 0 Å². The Kier molecular flexibility index (Phi) is 2.36. The molecule has 9 heavy (non-hydrogen) atoms. The fourth-order valence-corrected chi connectivity index (χ4v) is 1.67. The van der Waals surface area contributed by atoms with E-state index in [-0.39, 0.29) is 0 Å². The van der Waals surface area contributed by atoms with Crippen LogP contribution >= 0.6 is 23.1 Å². The van der Waals surface area contributed by atoms with Crippen molar-refractivity contribution in [2.45, 2.75) is 5.75 Å². The summed E-state index contributed by atoms with van der Waals surface area (Å²) in [6, 6.07) is 0. The highest BCUT2D eigenvalue weighted by Crippen LogP contribution is 2.18. The van der Waals surface area contributed by atoms with Gasteiger partial charge in [-0.25, -0.2) is 4.98 Å². The lowest BCUT2D eigenvalue weighted by molar-refractivity contribution is 1.24. The summed E-state index contributed by atoms with van der Waals surface area (Å²) in [5.74, 6) is 0.926. The van der Waals surface area contributed by atoms with Gasteiger partial charge < -0.3 is 5.73 Å². The van der Waals surface area contributed by atoms with Crippen LogP contribution in [0.1, 0.15) is 5.69 Å². The number of nitrogens with two attached hydrogens (primary N) is 1. The van der Waals surface area contributed by atoms with E-state index in [9.17, 15) is 0 Å². The van der Waals surface area contributed by atoms with E-state index in [1.54, 1.807) is 17.3 Å². The fourth-order valence-electron chi connectivity index (χ4n) is 0.524. The van der Waals surface area contributed by atoms with Crippen molar-refractivity contribution >= 4 is 28.1 Å². The summed E-state index contributed by atoms with van der Waals surface area (Å²) in [5, 5.41) is 0.851. The highest BCUT2D eigenvalue weighted by Gasteiger charge is 1.98. The number of anilines is 1. The summed E-state index contributed by atoms with van der Waals surface area (Å²) in [6.45, 7) is 0. The van der Waals surface area contributed by atoms with Crippen LogP contribution in [0.15, 0.2) is 5.51 Å². The monoisotopic (exact) mass is 160 g/mol. The van der Waals surface area contributed by atoms with Crippen molar-refractivity contribution in [1.82, 2.24) is 4.98 Å². The van der Waals surface area contributed by atoms with Crippen molar-refractivity contribution in [3.63, 3.8) is 0 Å². The quantitative estimate of drug-likeness (QED) is 0.714. The van der Waals surface area contributed by atoms with Gasteiger partial charge in [-0.15, -0.1) is 11.3 Å². The van der Waals surface area contributed by atoms with Gasteiger partial charge in [0.1, 0.15) is 5.00 Å². The van der Waals surface area contributed by atoms with E-state index in [0.29, 0.717) is 0 Å². The molecule has 1 rings (SSSR count). The molecule has 0 bridgehead atoms. The van der Waals surface area contributed by atoms with Gasteiger partial charge in [0.05, 0.1) is 11.2 Å². The summed E-state index contributed by atoms with van der Waals surface area (Å²) in [4.78, 5) is 4.08. The molecule has 0 saturated carbocycles. The average molecular weight is 160 g/mol. The van der Waals surface area contributed by atoms with Crippen molar-refractivity contribution in [3.05, 3.63) is 11.2 Å². The SMILES string of the molecule is CSCc1ncsc1N. The number of thioether (sulfide) groups is 1. The van der Waals surface area contributed by atoms with Crippen molar-refractivity contribution < 1.29 is 0 Å². The van der Waals surface area contributed by atoms with E-state index >= 15 is 0 Å². The Morgan fingerprint density at radius 3 is 3.11 bits per heavy atom. The van der Waals surface area contributed by atoms with E-state index in [4.69, 9.17) is 5.73 Å². The standard InChI is InChI=1S/C5H8N2S2/c1-8-2-4-5(6)9-3-7-4/h3H,2,6H2,1H3. The third-order valence-electron chi connectivity index (χ3n) is 0.954. The number of rotatable bonds is 2. The van der Waals surface area contributed by atoms with E-state index in [1.807, 2.05) is 6.26 Å². The van der Waals surface area contributed by atoms with Crippen LogP contribution in [-0.2, 0) is 5.75 Å². The maximum atomic E-state index is 5.57. The second kappa shape index (κ2) is 3.08. The third-order valence-corrected chi connectivity index (χ3v) is 2.22. The van der Waals surface area contributed by atoms with Gasteiger partial charge in [0.25, 0.3) is 0 Å². The second-order valence-corrected chi connectivity index (χ2v) is 3.35. The summed E-state index contributed by atoms with van der Waals surface area (Å²) in [7, 11) is 0. The molecule has 0 radical (unpaired) electrons. The molecule has 2 N–H and O–H groups in total. The molecule has 0 aliphatic rings. The Labute approximate surface area is 62.5 Å². The molecule has 0 unspecified atom stereocenters. The lowest BCUT2D eigenvalue weighted by Crippen LogP contribution is -1.86. The molecule has 50 valence electrons. The average Bonchev–Trinajstić information content (AvgIpc) is 2.18. The van der Waals surface area contributed by atoms with Crippen molar-refractivity contribution in [3.8, 4) is 0 Å². The molecule has 0 aliphatic heterocycles. The van der Waals surface area contributed by atoms with E-state index in [0.717, 1.165) is 16.4 Å². The number of aromatic nitrogens is 1.